The first-order valence-electron chi connectivity index (χ1n) is 8.10. The molecule has 120 valence electrons. The van der Waals surface area contributed by atoms with E-state index in [1.807, 2.05) is 32.0 Å². The second kappa shape index (κ2) is 6.77. The standard InChI is InChI=1S/C18H22N4O/c1-13-10-14(2)12-15(11-13)19-18(23)16-6-7-17(21-20-16)22-8-4-3-5-9-22/h6-7,10-12H,3-5,8-9H2,1-2H3,(H,19,23). The highest BCUT2D eigenvalue weighted by molar-refractivity contribution is 6.02. The van der Waals surface area contributed by atoms with Crippen LogP contribution in [0.2, 0.25) is 0 Å². The Morgan fingerprint density at radius 3 is 2.30 bits per heavy atom. The Morgan fingerprint density at radius 1 is 1.00 bits per heavy atom. The molecule has 0 atom stereocenters. The second-order valence-corrected chi connectivity index (χ2v) is 6.15. The van der Waals surface area contributed by atoms with Crippen molar-refractivity contribution in [2.75, 3.05) is 23.3 Å². The highest BCUT2D eigenvalue weighted by Crippen LogP contribution is 2.18. The summed E-state index contributed by atoms with van der Waals surface area (Å²) < 4.78 is 0. The van der Waals surface area contributed by atoms with E-state index in [1.165, 1.54) is 19.3 Å². The molecule has 0 aliphatic carbocycles. The Bertz CT molecular complexity index is 670. The normalized spacial score (nSPS) is 14.6. The minimum absolute atomic E-state index is 0.229. The second-order valence-electron chi connectivity index (χ2n) is 6.15. The van der Waals surface area contributed by atoms with Gasteiger partial charge in [-0.25, -0.2) is 0 Å². The molecule has 5 nitrogen and oxygen atoms in total. The summed E-state index contributed by atoms with van der Waals surface area (Å²) in [5.74, 6) is 0.625. The van der Waals surface area contributed by atoms with Gasteiger partial charge in [-0.05, 0) is 68.5 Å². The minimum Gasteiger partial charge on any atom is -0.355 e. The van der Waals surface area contributed by atoms with Crippen LogP contribution in [0, 0.1) is 13.8 Å². The van der Waals surface area contributed by atoms with Crippen LogP contribution in [-0.4, -0.2) is 29.2 Å². The smallest absolute Gasteiger partial charge is 0.276 e. The lowest BCUT2D eigenvalue weighted by Crippen LogP contribution is -2.30. The Labute approximate surface area is 136 Å². The zero-order chi connectivity index (χ0) is 16.2. The third-order valence-corrected chi connectivity index (χ3v) is 4.04. The lowest BCUT2D eigenvalue weighted by Gasteiger charge is -2.27. The topological polar surface area (TPSA) is 58.1 Å². The van der Waals surface area contributed by atoms with Gasteiger partial charge in [0.15, 0.2) is 11.5 Å². The number of hydrogen-bond acceptors (Lipinski definition) is 4. The van der Waals surface area contributed by atoms with Crippen molar-refractivity contribution in [3.8, 4) is 0 Å². The first kappa shape index (κ1) is 15.5. The summed E-state index contributed by atoms with van der Waals surface area (Å²) in [6.45, 7) is 6.05. The van der Waals surface area contributed by atoms with Gasteiger partial charge in [-0.3, -0.25) is 4.79 Å². The number of piperidine rings is 1. The van der Waals surface area contributed by atoms with E-state index in [0.29, 0.717) is 5.69 Å². The summed E-state index contributed by atoms with van der Waals surface area (Å²) in [7, 11) is 0. The van der Waals surface area contributed by atoms with Gasteiger partial charge in [0, 0.05) is 18.8 Å². The Hall–Kier alpha value is -2.43. The number of hydrogen-bond donors (Lipinski definition) is 1. The fraction of sp³-hybridized carbons (Fsp3) is 0.389. The molecule has 2 heterocycles. The molecule has 0 saturated carbocycles. The molecule has 1 fully saturated rings. The Kier molecular flexibility index (Phi) is 4.55. The maximum Gasteiger partial charge on any atom is 0.276 e. The summed E-state index contributed by atoms with van der Waals surface area (Å²) in [4.78, 5) is 14.5. The van der Waals surface area contributed by atoms with Crippen LogP contribution in [0.1, 0.15) is 40.9 Å². The molecular weight excluding hydrogens is 288 g/mol. The first-order valence-corrected chi connectivity index (χ1v) is 8.10. The number of nitrogens with one attached hydrogen (secondary N) is 1. The molecule has 1 aliphatic rings. The van der Waals surface area contributed by atoms with Gasteiger partial charge in [-0.15, -0.1) is 10.2 Å². The molecule has 1 aromatic carbocycles. The summed E-state index contributed by atoms with van der Waals surface area (Å²) >= 11 is 0. The van der Waals surface area contributed by atoms with Gasteiger partial charge in [0.25, 0.3) is 5.91 Å². The van der Waals surface area contributed by atoms with Crippen molar-refractivity contribution >= 4 is 17.4 Å². The molecule has 1 aliphatic heterocycles. The number of carbonyl (C=O) groups is 1. The van der Waals surface area contributed by atoms with Crippen molar-refractivity contribution in [2.24, 2.45) is 0 Å². The first-order chi connectivity index (χ1) is 11.1. The molecule has 0 spiro atoms. The lowest BCUT2D eigenvalue weighted by atomic mass is 10.1. The highest BCUT2D eigenvalue weighted by Gasteiger charge is 2.14. The number of aryl methyl sites for hydroxylation is 2. The molecule has 23 heavy (non-hydrogen) atoms. The minimum atomic E-state index is -0.229. The van der Waals surface area contributed by atoms with Crippen LogP contribution in [0.5, 0.6) is 0 Å². The van der Waals surface area contributed by atoms with Crippen LogP contribution in [-0.2, 0) is 0 Å². The molecule has 0 unspecified atom stereocenters. The largest absolute Gasteiger partial charge is 0.355 e. The van der Waals surface area contributed by atoms with Gasteiger partial charge in [-0.2, -0.15) is 0 Å². The number of benzene rings is 1. The van der Waals surface area contributed by atoms with Gasteiger partial charge in [0.05, 0.1) is 0 Å². The van der Waals surface area contributed by atoms with Crippen LogP contribution in [0.25, 0.3) is 0 Å². The number of carbonyl (C=O) groups excluding carboxylic acids is 1. The van der Waals surface area contributed by atoms with E-state index in [4.69, 9.17) is 0 Å². The van der Waals surface area contributed by atoms with Crippen LogP contribution >= 0.6 is 0 Å². The van der Waals surface area contributed by atoms with Crippen molar-refractivity contribution in [2.45, 2.75) is 33.1 Å². The van der Waals surface area contributed by atoms with Crippen LogP contribution in [0.3, 0.4) is 0 Å². The van der Waals surface area contributed by atoms with E-state index in [2.05, 4.69) is 26.5 Å². The SMILES string of the molecule is Cc1cc(C)cc(NC(=O)c2ccc(N3CCCCC3)nn2)c1. The molecule has 3 rings (SSSR count). The summed E-state index contributed by atoms with van der Waals surface area (Å²) in [6, 6.07) is 9.59. The molecule has 2 aromatic rings. The van der Waals surface area contributed by atoms with Gasteiger partial charge < -0.3 is 10.2 Å². The maximum absolute atomic E-state index is 12.3. The van der Waals surface area contributed by atoms with Crippen molar-refractivity contribution in [3.05, 3.63) is 47.2 Å². The van der Waals surface area contributed by atoms with Crippen LogP contribution < -0.4 is 10.2 Å². The molecule has 0 radical (unpaired) electrons. The number of rotatable bonds is 3. The lowest BCUT2D eigenvalue weighted by molar-refractivity contribution is 0.102. The third-order valence-electron chi connectivity index (χ3n) is 4.04. The predicted molar refractivity (Wildman–Crippen MR) is 92.0 cm³/mol. The Balaban J connectivity index is 1.69. The van der Waals surface area contributed by atoms with Gasteiger partial charge in [0.1, 0.15) is 0 Å². The third kappa shape index (κ3) is 3.86. The van der Waals surface area contributed by atoms with Crippen molar-refractivity contribution < 1.29 is 4.79 Å². The number of amides is 1. The summed E-state index contributed by atoms with van der Waals surface area (Å²) in [5, 5.41) is 11.2. The van der Waals surface area contributed by atoms with Crippen molar-refractivity contribution in [1.82, 2.24) is 10.2 Å². The fourth-order valence-corrected chi connectivity index (χ4v) is 2.98. The van der Waals surface area contributed by atoms with Crippen LogP contribution in [0.4, 0.5) is 11.5 Å². The monoisotopic (exact) mass is 310 g/mol. The van der Waals surface area contributed by atoms with E-state index in [0.717, 1.165) is 35.7 Å². The van der Waals surface area contributed by atoms with Crippen LogP contribution in [0.15, 0.2) is 30.3 Å². The zero-order valence-electron chi connectivity index (χ0n) is 13.7. The van der Waals surface area contributed by atoms with E-state index >= 15 is 0 Å². The maximum atomic E-state index is 12.3. The van der Waals surface area contributed by atoms with E-state index in [-0.39, 0.29) is 5.91 Å². The highest BCUT2D eigenvalue weighted by atomic mass is 16.1. The zero-order valence-corrected chi connectivity index (χ0v) is 13.7. The average molecular weight is 310 g/mol. The van der Waals surface area contributed by atoms with Gasteiger partial charge >= 0.3 is 0 Å². The van der Waals surface area contributed by atoms with Crippen molar-refractivity contribution in [1.29, 1.82) is 0 Å². The van der Waals surface area contributed by atoms with E-state index in [1.54, 1.807) is 6.07 Å². The van der Waals surface area contributed by atoms with Crippen molar-refractivity contribution in [3.63, 3.8) is 0 Å². The quantitative estimate of drug-likeness (QED) is 0.944. The predicted octanol–water partition coefficient (Wildman–Crippen LogP) is 3.34. The number of nitrogens with zero attached hydrogens (tertiary/aromatic N) is 3. The molecule has 1 N–H and O–H groups in total. The fourth-order valence-electron chi connectivity index (χ4n) is 2.98. The summed E-state index contributed by atoms with van der Waals surface area (Å²) in [5.41, 5.74) is 3.36. The Morgan fingerprint density at radius 2 is 1.70 bits per heavy atom. The van der Waals surface area contributed by atoms with Gasteiger partial charge in [-0.1, -0.05) is 6.07 Å². The summed E-state index contributed by atoms with van der Waals surface area (Å²) in [6.07, 6.45) is 3.66. The molecule has 1 saturated heterocycles. The molecule has 0 bridgehead atoms. The molecule has 1 amide bonds. The van der Waals surface area contributed by atoms with E-state index in [9.17, 15) is 4.79 Å². The average Bonchev–Trinajstić information content (AvgIpc) is 2.55. The number of anilines is 2. The van der Waals surface area contributed by atoms with Gasteiger partial charge in [0.2, 0.25) is 0 Å². The molecule has 1 aromatic heterocycles. The molecule has 5 heteroatoms. The molecular formula is C18H22N4O. The number of aromatic nitrogens is 2. The van der Waals surface area contributed by atoms with E-state index < -0.39 is 0 Å².